The Kier molecular flexibility index (Phi) is 4.65. The van der Waals surface area contributed by atoms with E-state index in [2.05, 4.69) is 15.5 Å². The number of carbonyl (C=O) groups is 1. The van der Waals surface area contributed by atoms with E-state index in [-0.39, 0.29) is 23.4 Å². The van der Waals surface area contributed by atoms with E-state index in [1.165, 1.54) is 25.0 Å². The Morgan fingerprint density at radius 1 is 1.28 bits per heavy atom. The normalized spacial score (nSPS) is 27.6. The molecule has 1 saturated carbocycles. The smallest absolute Gasteiger partial charge is 0.314 e. The highest BCUT2D eigenvalue weighted by Crippen LogP contribution is 2.47. The van der Waals surface area contributed by atoms with Crippen LogP contribution in [0.3, 0.4) is 0 Å². The SMILES string of the molecule is O=C(NC[C@H]1CN2CCC[C@H]2CO1)NCC1(c2ccc(F)cc2)CC1. The van der Waals surface area contributed by atoms with Crippen LogP contribution in [0.2, 0.25) is 0 Å². The molecule has 2 atom stereocenters. The van der Waals surface area contributed by atoms with Crippen molar-refractivity contribution in [2.45, 2.75) is 43.2 Å². The number of halogens is 1. The molecule has 2 heterocycles. The average Bonchev–Trinajstić information content (AvgIpc) is 3.27. The van der Waals surface area contributed by atoms with Crippen LogP contribution in [0.1, 0.15) is 31.2 Å². The van der Waals surface area contributed by atoms with Gasteiger partial charge in [-0.2, -0.15) is 0 Å². The van der Waals surface area contributed by atoms with E-state index in [9.17, 15) is 9.18 Å². The molecule has 0 radical (unpaired) electrons. The Labute approximate surface area is 147 Å². The molecule has 3 fully saturated rings. The van der Waals surface area contributed by atoms with Crippen LogP contribution < -0.4 is 10.6 Å². The molecule has 2 saturated heterocycles. The van der Waals surface area contributed by atoms with Gasteiger partial charge in [-0.1, -0.05) is 12.1 Å². The summed E-state index contributed by atoms with van der Waals surface area (Å²) >= 11 is 0. The molecule has 2 amide bonds. The molecule has 0 spiro atoms. The number of fused-ring (bicyclic) bond motifs is 1. The third-order valence-electron chi connectivity index (χ3n) is 5.85. The molecule has 2 N–H and O–H groups in total. The minimum absolute atomic E-state index is 0.0187. The van der Waals surface area contributed by atoms with E-state index in [0.717, 1.165) is 38.1 Å². The molecule has 1 aromatic carbocycles. The lowest BCUT2D eigenvalue weighted by Gasteiger charge is -2.35. The van der Waals surface area contributed by atoms with Crippen LogP contribution in [0.25, 0.3) is 0 Å². The van der Waals surface area contributed by atoms with Crippen LogP contribution in [-0.2, 0) is 10.2 Å². The Hall–Kier alpha value is -1.66. The van der Waals surface area contributed by atoms with Crippen LogP contribution >= 0.6 is 0 Å². The van der Waals surface area contributed by atoms with Gasteiger partial charge in [0.2, 0.25) is 0 Å². The predicted octanol–water partition coefficient (Wildman–Crippen LogP) is 2.02. The molecule has 136 valence electrons. The molecular weight excluding hydrogens is 321 g/mol. The fourth-order valence-electron chi connectivity index (χ4n) is 4.05. The van der Waals surface area contributed by atoms with Gasteiger partial charge in [-0.15, -0.1) is 0 Å². The van der Waals surface area contributed by atoms with Crippen LogP contribution in [-0.4, -0.2) is 55.9 Å². The van der Waals surface area contributed by atoms with Crippen molar-refractivity contribution in [1.82, 2.24) is 15.5 Å². The first kappa shape index (κ1) is 16.8. The van der Waals surface area contributed by atoms with E-state index < -0.39 is 0 Å². The lowest BCUT2D eigenvalue weighted by atomic mass is 9.96. The molecule has 4 rings (SSSR count). The van der Waals surface area contributed by atoms with Gasteiger partial charge >= 0.3 is 6.03 Å². The van der Waals surface area contributed by atoms with Crippen molar-refractivity contribution in [3.63, 3.8) is 0 Å². The van der Waals surface area contributed by atoms with Gasteiger partial charge in [0.15, 0.2) is 0 Å². The maximum absolute atomic E-state index is 13.1. The number of ether oxygens (including phenoxy) is 1. The monoisotopic (exact) mass is 347 g/mol. The number of rotatable bonds is 5. The Morgan fingerprint density at radius 2 is 2.08 bits per heavy atom. The standard InChI is InChI=1S/C19H26FN3O2/c20-15-5-3-14(4-6-15)19(7-8-19)13-22-18(24)21-10-17-11-23-9-1-2-16(23)12-25-17/h3-6,16-17H,1-2,7-13H2,(H2,21,22,24)/t16-,17-/m0/s1. The minimum Gasteiger partial charge on any atom is -0.373 e. The Bertz CT molecular complexity index is 618. The summed E-state index contributed by atoms with van der Waals surface area (Å²) in [4.78, 5) is 14.6. The molecule has 2 aliphatic heterocycles. The molecule has 25 heavy (non-hydrogen) atoms. The van der Waals surface area contributed by atoms with Crippen LogP contribution in [0.4, 0.5) is 9.18 Å². The highest BCUT2D eigenvalue weighted by atomic mass is 19.1. The summed E-state index contributed by atoms with van der Waals surface area (Å²) < 4.78 is 18.9. The van der Waals surface area contributed by atoms with Gasteiger partial charge in [-0.25, -0.2) is 9.18 Å². The quantitative estimate of drug-likeness (QED) is 0.857. The Morgan fingerprint density at radius 3 is 2.84 bits per heavy atom. The molecule has 0 bridgehead atoms. The Balaban J connectivity index is 1.21. The summed E-state index contributed by atoms with van der Waals surface area (Å²) in [6.07, 6.45) is 4.61. The second-order valence-corrected chi connectivity index (χ2v) is 7.60. The van der Waals surface area contributed by atoms with Gasteiger partial charge in [0, 0.05) is 31.1 Å². The third kappa shape index (κ3) is 3.80. The number of nitrogens with one attached hydrogen (secondary N) is 2. The van der Waals surface area contributed by atoms with E-state index in [0.29, 0.717) is 19.1 Å². The lowest BCUT2D eigenvalue weighted by molar-refractivity contribution is -0.0457. The second kappa shape index (κ2) is 6.92. The molecule has 6 heteroatoms. The molecule has 0 unspecified atom stereocenters. The topological polar surface area (TPSA) is 53.6 Å². The maximum Gasteiger partial charge on any atom is 0.314 e. The van der Waals surface area contributed by atoms with Gasteiger partial charge in [-0.3, -0.25) is 4.90 Å². The van der Waals surface area contributed by atoms with Gasteiger partial charge in [0.05, 0.1) is 12.7 Å². The molecule has 0 aromatic heterocycles. The molecule has 1 aromatic rings. The van der Waals surface area contributed by atoms with Crippen LogP contribution in [0, 0.1) is 5.82 Å². The van der Waals surface area contributed by atoms with Crippen molar-refractivity contribution < 1.29 is 13.9 Å². The first-order chi connectivity index (χ1) is 12.1. The highest BCUT2D eigenvalue weighted by molar-refractivity contribution is 5.74. The van der Waals surface area contributed by atoms with Crippen molar-refractivity contribution in [3.05, 3.63) is 35.6 Å². The number of urea groups is 1. The van der Waals surface area contributed by atoms with Crippen LogP contribution in [0.5, 0.6) is 0 Å². The van der Waals surface area contributed by atoms with E-state index in [1.54, 1.807) is 0 Å². The summed E-state index contributed by atoms with van der Waals surface area (Å²) in [6, 6.07) is 7.05. The number of nitrogens with zero attached hydrogens (tertiary/aromatic N) is 1. The van der Waals surface area contributed by atoms with Gasteiger partial charge in [0.1, 0.15) is 5.82 Å². The zero-order valence-corrected chi connectivity index (χ0v) is 14.5. The van der Waals surface area contributed by atoms with Gasteiger partial charge < -0.3 is 15.4 Å². The fourth-order valence-corrected chi connectivity index (χ4v) is 4.05. The highest BCUT2D eigenvalue weighted by Gasteiger charge is 2.44. The lowest BCUT2D eigenvalue weighted by Crippen LogP contribution is -2.51. The molecule has 3 aliphatic rings. The summed E-state index contributed by atoms with van der Waals surface area (Å²) in [6.45, 7) is 3.96. The summed E-state index contributed by atoms with van der Waals surface area (Å²) in [5.41, 5.74) is 1.08. The summed E-state index contributed by atoms with van der Waals surface area (Å²) in [7, 11) is 0. The van der Waals surface area contributed by atoms with E-state index >= 15 is 0 Å². The van der Waals surface area contributed by atoms with Crippen molar-refractivity contribution in [1.29, 1.82) is 0 Å². The zero-order chi connectivity index (χ0) is 17.3. The van der Waals surface area contributed by atoms with Gasteiger partial charge in [0.25, 0.3) is 0 Å². The second-order valence-electron chi connectivity index (χ2n) is 7.60. The third-order valence-corrected chi connectivity index (χ3v) is 5.85. The number of hydrogen-bond acceptors (Lipinski definition) is 3. The number of benzene rings is 1. The zero-order valence-electron chi connectivity index (χ0n) is 14.5. The fraction of sp³-hybridized carbons (Fsp3) is 0.632. The van der Waals surface area contributed by atoms with Crippen molar-refractivity contribution >= 4 is 6.03 Å². The van der Waals surface area contributed by atoms with Crippen molar-refractivity contribution in [2.24, 2.45) is 0 Å². The number of carbonyl (C=O) groups excluding carboxylic acids is 1. The molecular formula is C19H26FN3O2. The summed E-state index contributed by atoms with van der Waals surface area (Å²) in [5.74, 6) is -0.224. The van der Waals surface area contributed by atoms with Gasteiger partial charge in [-0.05, 0) is 49.9 Å². The average molecular weight is 347 g/mol. The van der Waals surface area contributed by atoms with Crippen molar-refractivity contribution in [2.75, 3.05) is 32.8 Å². The van der Waals surface area contributed by atoms with Crippen molar-refractivity contribution in [3.8, 4) is 0 Å². The number of morpholine rings is 1. The molecule has 5 nitrogen and oxygen atoms in total. The largest absolute Gasteiger partial charge is 0.373 e. The minimum atomic E-state index is -0.224. The molecule has 1 aliphatic carbocycles. The summed E-state index contributed by atoms with van der Waals surface area (Å²) in [5, 5.41) is 5.90. The number of amides is 2. The first-order valence-electron chi connectivity index (χ1n) is 9.28. The van der Waals surface area contributed by atoms with Crippen LogP contribution in [0.15, 0.2) is 24.3 Å². The maximum atomic E-state index is 13.1. The van der Waals surface area contributed by atoms with E-state index in [4.69, 9.17) is 4.74 Å². The van der Waals surface area contributed by atoms with E-state index in [1.807, 2.05) is 12.1 Å². The predicted molar refractivity (Wildman–Crippen MR) is 93.0 cm³/mol. The first-order valence-corrected chi connectivity index (χ1v) is 9.28. The number of hydrogen-bond donors (Lipinski definition) is 2.